The zero-order chi connectivity index (χ0) is 7.68. The molecule has 0 radical (unpaired) electrons. The average Bonchev–Trinajstić information content (AvgIpc) is 2.04. The topological polar surface area (TPSA) is 25.8 Å². The van der Waals surface area contributed by atoms with Crippen molar-refractivity contribution in [2.75, 3.05) is 5.75 Å². The lowest BCUT2D eigenvalue weighted by molar-refractivity contribution is 0.954. The Morgan fingerprint density at radius 3 is 3.36 bits per heavy atom. The molecule has 0 atom stereocenters. The van der Waals surface area contributed by atoms with E-state index in [1.54, 1.807) is 0 Å². The van der Waals surface area contributed by atoms with Gasteiger partial charge in [0.15, 0.2) is 0 Å². The van der Waals surface area contributed by atoms with Crippen LogP contribution in [0.3, 0.4) is 0 Å². The molecular weight excluding hydrogens is 180 g/mol. The van der Waals surface area contributed by atoms with Crippen LogP contribution < -0.4 is 0 Å². The fraction of sp³-hybridized carbons (Fsp3) is 0.429. The summed E-state index contributed by atoms with van der Waals surface area (Å²) in [6.45, 7) is 0. The summed E-state index contributed by atoms with van der Waals surface area (Å²) in [5, 5.41) is 0.371. The number of thioether (sulfide) groups is 1. The Morgan fingerprint density at radius 2 is 2.45 bits per heavy atom. The van der Waals surface area contributed by atoms with Crippen molar-refractivity contribution in [1.29, 1.82) is 0 Å². The molecule has 0 bridgehead atoms. The lowest BCUT2D eigenvalue weighted by atomic mass is 10.2. The molecule has 1 aromatic heterocycles. The normalized spacial score (nSPS) is 16.1. The number of rotatable bonds is 0. The van der Waals surface area contributed by atoms with Crippen molar-refractivity contribution < 1.29 is 0 Å². The molecule has 0 amide bonds. The second-order valence-electron chi connectivity index (χ2n) is 2.41. The molecule has 1 aliphatic heterocycles. The van der Waals surface area contributed by atoms with Crippen LogP contribution in [0.4, 0.5) is 0 Å². The summed E-state index contributed by atoms with van der Waals surface area (Å²) in [4.78, 5) is 8.09. The molecule has 2 heterocycles. The van der Waals surface area contributed by atoms with E-state index in [1.807, 2.05) is 18.0 Å². The SMILES string of the molecule is Clc1ncc2c(n1)CCSC2. The van der Waals surface area contributed by atoms with Gasteiger partial charge in [-0.1, -0.05) is 0 Å². The van der Waals surface area contributed by atoms with Crippen molar-refractivity contribution in [2.45, 2.75) is 12.2 Å². The Hall–Kier alpha value is -0.280. The van der Waals surface area contributed by atoms with Crippen LogP contribution in [0.2, 0.25) is 5.28 Å². The Kier molecular flexibility index (Phi) is 2.00. The van der Waals surface area contributed by atoms with E-state index in [0.717, 1.165) is 23.6 Å². The van der Waals surface area contributed by atoms with Gasteiger partial charge in [0.1, 0.15) is 0 Å². The first-order chi connectivity index (χ1) is 5.36. The Labute approximate surface area is 74.4 Å². The summed E-state index contributed by atoms with van der Waals surface area (Å²) >= 11 is 7.57. The molecule has 2 nitrogen and oxygen atoms in total. The highest BCUT2D eigenvalue weighted by Gasteiger charge is 2.10. The summed E-state index contributed by atoms with van der Waals surface area (Å²) in [6.07, 6.45) is 2.86. The second kappa shape index (κ2) is 2.99. The van der Waals surface area contributed by atoms with E-state index in [2.05, 4.69) is 9.97 Å². The highest BCUT2D eigenvalue weighted by Crippen LogP contribution is 2.22. The molecule has 0 aromatic carbocycles. The fourth-order valence-electron chi connectivity index (χ4n) is 1.11. The van der Waals surface area contributed by atoms with Crippen LogP contribution in [0.25, 0.3) is 0 Å². The molecule has 11 heavy (non-hydrogen) atoms. The molecule has 58 valence electrons. The van der Waals surface area contributed by atoms with Crippen LogP contribution in [0.15, 0.2) is 6.20 Å². The quantitative estimate of drug-likeness (QED) is 0.579. The molecule has 1 aliphatic rings. The van der Waals surface area contributed by atoms with Gasteiger partial charge in [0.05, 0.1) is 5.69 Å². The zero-order valence-electron chi connectivity index (χ0n) is 5.88. The van der Waals surface area contributed by atoms with Crippen molar-refractivity contribution in [3.63, 3.8) is 0 Å². The van der Waals surface area contributed by atoms with Crippen LogP contribution in [-0.4, -0.2) is 15.7 Å². The minimum Gasteiger partial charge on any atom is -0.226 e. The third-order valence-corrected chi connectivity index (χ3v) is 2.86. The van der Waals surface area contributed by atoms with Crippen molar-refractivity contribution in [3.8, 4) is 0 Å². The van der Waals surface area contributed by atoms with Gasteiger partial charge in [0.2, 0.25) is 5.28 Å². The molecule has 0 saturated carbocycles. The highest BCUT2D eigenvalue weighted by molar-refractivity contribution is 7.98. The molecule has 4 heteroatoms. The van der Waals surface area contributed by atoms with E-state index in [4.69, 9.17) is 11.6 Å². The predicted octanol–water partition coefficient (Wildman–Crippen LogP) is 1.92. The van der Waals surface area contributed by atoms with Crippen molar-refractivity contribution >= 4 is 23.4 Å². The molecule has 0 aliphatic carbocycles. The van der Waals surface area contributed by atoms with Gasteiger partial charge in [0, 0.05) is 17.5 Å². The van der Waals surface area contributed by atoms with Crippen molar-refractivity contribution in [2.24, 2.45) is 0 Å². The molecule has 1 aromatic rings. The molecule has 0 spiro atoms. The molecule has 0 saturated heterocycles. The molecular formula is C7H7ClN2S. The van der Waals surface area contributed by atoms with Crippen LogP contribution in [0, 0.1) is 0 Å². The summed E-state index contributed by atoms with van der Waals surface area (Å²) in [7, 11) is 0. The zero-order valence-corrected chi connectivity index (χ0v) is 7.45. The lowest BCUT2D eigenvalue weighted by Gasteiger charge is -2.12. The van der Waals surface area contributed by atoms with Gasteiger partial charge in [-0.25, -0.2) is 9.97 Å². The molecule has 0 unspecified atom stereocenters. The van der Waals surface area contributed by atoms with Crippen molar-refractivity contribution in [1.82, 2.24) is 9.97 Å². The minimum atomic E-state index is 0.371. The number of halogens is 1. The van der Waals surface area contributed by atoms with E-state index < -0.39 is 0 Å². The van der Waals surface area contributed by atoms with Crippen LogP contribution in [-0.2, 0) is 12.2 Å². The number of hydrogen-bond donors (Lipinski definition) is 0. The third-order valence-electron chi connectivity index (χ3n) is 1.67. The maximum absolute atomic E-state index is 5.65. The van der Waals surface area contributed by atoms with Gasteiger partial charge >= 0.3 is 0 Å². The summed E-state index contributed by atoms with van der Waals surface area (Å²) in [5.41, 5.74) is 2.37. The number of aryl methyl sites for hydroxylation is 1. The Morgan fingerprint density at radius 1 is 1.55 bits per heavy atom. The summed E-state index contributed by atoms with van der Waals surface area (Å²) < 4.78 is 0. The monoisotopic (exact) mass is 186 g/mol. The fourth-order valence-corrected chi connectivity index (χ4v) is 2.20. The largest absolute Gasteiger partial charge is 0.226 e. The smallest absolute Gasteiger partial charge is 0.222 e. The predicted molar refractivity (Wildman–Crippen MR) is 46.9 cm³/mol. The number of fused-ring (bicyclic) bond motifs is 1. The van der Waals surface area contributed by atoms with E-state index in [-0.39, 0.29) is 0 Å². The first-order valence-corrected chi connectivity index (χ1v) is 4.97. The van der Waals surface area contributed by atoms with E-state index in [0.29, 0.717) is 5.28 Å². The average molecular weight is 187 g/mol. The van der Waals surface area contributed by atoms with Gasteiger partial charge in [-0.15, -0.1) is 0 Å². The standard InChI is InChI=1S/C7H7ClN2S/c8-7-9-3-5-4-11-2-1-6(5)10-7/h3H,1-2,4H2. The number of nitrogens with zero attached hydrogens (tertiary/aromatic N) is 2. The molecule has 0 fully saturated rings. The van der Waals surface area contributed by atoms with E-state index in [1.165, 1.54) is 5.56 Å². The summed E-state index contributed by atoms with van der Waals surface area (Å²) in [6, 6.07) is 0. The van der Waals surface area contributed by atoms with E-state index in [9.17, 15) is 0 Å². The Balaban J connectivity index is 2.43. The van der Waals surface area contributed by atoms with Gasteiger partial charge in [-0.2, -0.15) is 11.8 Å². The minimum absolute atomic E-state index is 0.371. The Bertz CT molecular complexity index is 277. The highest BCUT2D eigenvalue weighted by atomic mass is 35.5. The maximum atomic E-state index is 5.65. The first-order valence-electron chi connectivity index (χ1n) is 3.44. The van der Waals surface area contributed by atoms with Gasteiger partial charge in [-0.3, -0.25) is 0 Å². The molecule has 2 rings (SSSR count). The third kappa shape index (κ3) is 1.49. The number of aromatic nitrogens is 2. The van der Waals surface area contributed by atoms with Gasteiger partial charge in [-0.05, 0) is 23.8 Å². The summed E-state index contributed by atoms with van der Waals surface area (Å²) in [5.74, 6) is 2.19. The second-order valence-corrected chi connectivity index (χ2v) is 3.86. The van der Waals surface area contributed by atoms with Gasteiger partial charge < -0.3 is 0 Å². The van der Waals surface area contributed by atoms with Crippen molar-refractivity contribution in [3.05, 3.63) is 22.7 Å². The molecule has 0 N–H and O–H groups in total. The lowest BCUT2D eigenvalue weighted by Crippen LogP contribution is -2.05. The number of hydrogen-bond acceptors (Lipinski definition) is 3. The van der Waals surface area contributed by atoms with E-state index >= 15 is 0 Å². The van der Waals surface area contributed by atoms with Crippen LogP contribution >= 0.6 is 23.4 Å². The van der Waals surface area contributed by atoms with Crippen LogP contribution in [0.5, 0.6) is 0 Å². The first kappa shape index (κ1) is 7.37. The maximum Gasteiger partial charge on any atom is 0.222 e. The van der Waals surface area contributed by atoms with Gasteiger partial charge in [0.25, 0.3) is 0 Å². The van der Waals surface area contributed by atoms with Crippen LogP contribution in [0.1, 0.15) is 11.3 Å².